The van der Waals surface area contributed by atoms with Crippen LogP contribution in [0.2, 0.25) is 0 Å². The Balaban J connectivity index is 2.11. The molecule has 162 valence electrons. The summed E-state index contributed by atoms with van der Waals surface area (Å²) in [6.45, 7) is 8.24. The standard InChI is InChI=1S/C25H31IO3S/c1-19(27)30-18-24(2,3)14-9-15-25(4,21-12-8-13-22(26)16-21)23(28)29-17-20-10-6-5-7-11-20/h5-8,10-13,16H,9,14-15,17-18H2,1-4H3/t25-/m1/s1. The molecule has 5 heteroatoms. The number of thioether (sulfide) groups is 1. The SMILES string of the molecule is CC(=O)SCC(C)(C)CCC[C@@](C)(C(=O)OCc1ccccc1)c1cccc(I)c1. The van der Waals surface area contributed by atoms with Crippen molar-refractivity contribution in [1.82, 2.24) is 0 Å². The second-order valence-electron chi connectivity index (χ2n) is 8.70. The van der Waals surface area contributed by atoms with Gasteiger partial charge in [-0.25, -0.2) is 0 Å². The van der Waals surface area contributed by atoms with E-state index < -0.39 is 5.41 Å². The largest absolute Gasteiger partial charge is 0.460 e. The van der Waals surface area contributed by atoms with Crippen LogP contribution in [-0.2, 0) is 26.3 Å². The average Bonchev–Trinajstić information content (AvgIpc) is 2.71. The van der Waals surface area contributed by atoms with Gasteiger partial charge in [-0.15, -0.1) is 0 Å². The zero-order valence-electron chi connectivity index (χ0n) is 18.2. The summed E-state index contributed by atoms with van der Waals surface area (Å²) in [6.07, 6.45) is 2.53. The summed E-state index contributed by atoms with van der Waals surface area (Å²) < 4.78 is 6.86. The molecule has 0 radical (unpaired) electrons. The number of hydrogen-bond acceptors (Lipinski definition) is 4. The fraction of sp³-hybridized carbons (Fsp3) is 0.440. The molecule has 2 aromatic carbocycles. The number of carbonyl (C=O) groups is 2. The van der Waals surface area contributed by atoms with E-state index in [1.165, 1.54) is 11.8 Å². The van der Waals surface area contributed by atoms with Crippen molar-refractivity contribution in [2.24, 2.45) is 5.41 Å². The predicted octanol–water partition coefficient (Wildman–Crippen LogP) is 6.77. The molecule has 1 atom stereocenters. The molecule has 0 aliphatic carbocycles. The first-order valence-corrected chi connectivity index (χ1v) is 12.3. The molecule has 0 aliphatic rings. The summed E-state index contributed by atoms with van der Waals surface area (Å²) >= 11 is 3.66. The van der Waals surface area contributed by atoms with Gasteiger partial charge in [0.05, 0.1) is 5.41 Å². The molecule has 0 fully saturated rings. The maximum atomic E-state index is 13.2. The van der Waals surface area contributed by atoms with Crippen LogP contribution in [0.15, 0.2) is 54.6 Å². The van der Waals surface area contributed by atoms with Gasteiger partial charge in [-0.1, -0.05) is 74.5 Å². The van der Waals surface area contributed by atoms with Crippen LogP contribution < -0.4 is 0 Å². The highest BCUT2D eigenvalue weighted by molar-refractivity contribution is 14.1. The predicted molar refractivity (Wildman–Crippen MR) is 134 cm³/mol. The normalized spacial score (nSPS) is 13.5. The minimum absolute atomic E-state index is 0.0380. The van der Waals surface area contributed by atoms with E-state index in [9.17, 15) is 9.59 Å². The van der Waals surface area contributed by atoms with E-state index in [2.05, 4.69) is 42.5 Å². The van der Waals surface area contributed by atoms with Gasteiger partial charge in [0.25, 0.3) is 0 Å². The molecule has 0 unspecified atom stereocenters. The Morgan fingerprint density at radius 2 is 1.70 bits per heavy atom. The van der Waals surface area contributed by atoms with Crippen molar-refractivity contribution in [2.75, 3.05) is 5.75 Å². The lowest BCUT2D eigenvalue weighted by atomic mass is 9.76. The van der Waals surface area contributed by atoms with Crippen molar-refractivity contribution in [3.05, 3.63) is 69.3 Å². The van der Waals surface area contributed by atoms with Crippen LogP contribution in [0.3, 0.4) is 0 Å². The maximum absolute atomic E-state index is 13.2. The Morgan fingerprint density at radius 1 is 1.00 bits per heavy atom. The minimum Gasteiger partial charge on any atom is -0.460 e. The van der Waals surface area contributed by atoms with Crippen molar-refractivity contribution < 1.29 is 14.3 Å². The number of ether oxygens (including phenoxy) is 1. The summed E-state index contributed by atoms with van der Waals surface area (Å²) in [5.74, 6) is 0.602. The number of benzene rings is 2. The highest BCUT2D eigenvalue weighted by Gasteiger charge is 2.37. The molecule has 0 N–H and O–H groups in total. The van der Waals surface area contributed by atoms with E-state index >= 15 is 0 Å². The van der Waals surface area contributed by atoms with E-state index in [-0.39, 0.29) is 23.1 Å². The van der Waals surface area contributed by atoms with E-state index in [1.54, 1.807) is 6.92 Å². The second kappa shape index (κ2) is 11.3. The van der Waals surface area contributed by atoms with Gasteiger partial charge in [0, 0.05) is 16.2 Å². The molecule has 0 aromatic heterocycles. The first kappa shape index (κ1) is 24.9. The quantitative estimate of drug-likeness (QED) is 0.248. The molecule has 2 rings (SSSR count). The van der Waals surface area contributed by atoms with Crippen LogP contribution in [0.4, 0.5) is 0 Å². The Labute approximate surface area is 198 Å². The second-order valence-corrected chi connectivity index (χ2v) is 11.1. The Kier molecular flexibility index (Phi) is 9.41. The monoisotopic (exact) mass is 538 g/mol. The smallest absolute Gasteiger partial charge is 0.316 e. The molecule has 3 nitrogen and oxygen atoms in total. The fourth-order valence-corrected chi connectivity index (χ4v) is 4.65. The van der Waals surface area contributed by atoms with Crippen LogP contribution in [0.25, 0.3) is 0 Å². The van der Waals surface area contributed by atoms with Gasteiger partial charge in [-0.3, -0.25) is 9.59 Å². The lowest BCUT2D eigenvalue weighted by Gasteiger charge is -2.30. The van der Waals surface area contributed by atoms with Crippen molar-refractivity contribution in [3.8, 4) is 0 Å². The number of rotatable bonds is 10. The summed E-state index contributed by atoms with van der Waals surface area (Å²) in [5, 5.41) is 0.149. The first-order valence-electron chi connectivity index (χ1n) is 10.2. The van der Waals surface area contributed by atoms with Crippen LogP contribution in [0.1, 0.15) is 58.1 Å². The molecule has 0 heterocycles. The topological polar surface area (TPSA) is 43.4 Å². The third kappa shape index (κ3) is 7.73. The van der Waals surface area contributed by atoms with Gasteiger partial charge in [-0.2, -0.15) is 0 Å². The van der Waals surface area contributed by atoms with Crippen LogP contribution >= 0.6 is 34.4 Å². The first-order chi connectivity index (χ1) is 14.1. The number of halogens is 1. The lowest BCUT2D eigenvalue weighted by molar-refractivity contribution is -0.151. The third-order valence-corrected chi connectivity index (χ3v) is 7.32. The molecule has 0 aliphatic heterocycles. The molecule has 30 heavy (non-hydrogen) atoms. The third-order valence-electron chi connectivity index (χ3n) is 5.32. The lowest BCUT2D eigenvalue weighted by Crippen LogP contribution is -2.35. The van der Waals surface area contributed by atoms with E-state index in [1.807, 2.05) is 55.5 Å². The highest BCUT2D eigenvalue weighted by atomic mass is 127. The fourth-order valence-electron chi connectivity index (χ4n) is 3.37. The summed E-state index contributed by atoms with van der Waals surface area (Å²) in [5.41, 5.74) is 1.30. The van der Waals surface area contributed by atoms with E-state index in [0.717, 1.165) is 33.3 Å². The molecule has 0 spiro atoms. The summed E-state index contributed by atoms with van der Waals surface area (Å²) in [4.78, 5) is 24.6. The Bertz CT molecular complexity index is 850. The van der Waals surface area contributed by atoms with Gasteiger partial charge < -0.3 is 4.74 Å². The van der Waals surface area contributed by atoms with Gasteiger partial charge in [0.15, 0.2) is 5.12 Å². The van der Waals surface area contributed by atoms with Gasteiger partial charge in [0.1, 0.15) is 6.61 Å². The summed E-state index contributed by atoms with van der Waals surface area (Å²) in [6, 6.07) is 17.9. The summed E-state index contributed by atoms with van der Waals surface area (Å²) in [7, 11) is 0. The van der Waals surface area contributed by atoms with Crippen LogP contribution in [0.5, 0.6) is 0 Å². The van der Waals surface area contributed by atoms with Crippen molar-refractivity contribution >= 4 is 45.4 Å². The number of esters is 1. The van der Waals surface area contributed by atoms with Gasteiger partial charge in [0.2, 0.25) is 0 Å². The van der Waals surface area contributed by atoms with Crippen molar-refractivity contribution in [2.45, 2.75) is 59.0 Å². The molecule has 2 aromatic rings. The number of carbonyl (C=O) groups excluding carboxylic acids is 2. The zero-order valence-corrected chi connectivity index (χ0v) is 21.2. The van der Waals surface area contributed by atoms with E-state index in [0.29, 0.717) is 6.42 Å². The molecule has 0 bridgehead atoms. The van der Waals surface area contributed by atoms with Crippen LogP contribution in [0, 0.1) is 8.99 Å². The van der Waals surface area contributed by atoms with Gasteiger partial charge >= 0.3 is 5.97 Å². The van der Waals surface area contributed by atoms with Crippen molar-refractivity contribution in [3.63, 3.8) is 0 Å². The molecule has 0 amide bonds. The minimum atomic E-state index is -0.709. The number of hydrogen-bond donors (Lipinski definition) is 0. The molecule has 0 saturated carbocycles. The van der Waals surface area contributed by atoms with E-state index in [4.69, 9.17) is 4.74 Å². The van der Waals surface area contributed by atoms with Gasteiger partial charge in [-0.05, 0) is 71.0 Å². The highest BCUT2D eigenvalue weighted by Crippen LogP contribution is 2.36. The maximum Gasteiger partial charge on any atom is 0.316 e. The van der Waals surface area contributed by atoms with Crippen molar-refractivity contribution in [1.29, 1.82) is 0 Å². The Hall–Kier alpha value is -1.34. The Morgan fingerprint density at radius 3 is 2.33 bits per heavy atom. The van der Waals surface area contributed by atoms with Crippen LogP contribution in [-0.4, -0.2) is 16.8 Å². The zero-order chi connectivity index (χ0) is 22.2. The molecular weight excluding hydrogens is 507 g/mol. The molecule has 0 saturated heterocycles. The average molecular weight is 538 g/mol. The molecular formula is C25H31IO3S.